The first-order valence-corrected chi connectivity index (χ1v) is 5.62. The van der Waals surface area contributed by atoms with Crippen molar-refractivity contribution < 1.29 is 36.2 Å². The van der Waals surface area contributed by atoms with Crippen LogP contribution in [-0.4, -0.2) is 36.1 Å². The van der Waals surface area contributed by atoms with Gasteiger partial charge in [0.2, 0.25) is 0 Å². The minimum Gasteiger partial charge on any atom is -0.395 e. The molecule has 0 saturated carbocycles. The van der Waals surface area contributed by atoms with Crippen LogP contribution in [0.25, 0.3) is 0 Å². The molecule has 118 valence electrons. The van der Waals surface area contributed by atoms with Crippen molar-refractivity contribution in [3.05, 3.63) is 34.9 Å². The SMILES string of the molecule is CN(CCO)C(=O)c1cc(C(F)(F)F)cc(C(F)(F)F)c1. The molecule has 21 heavy (non-hydrogen) atoms. The molecule has 1 rings (SSSR count). The van der Waals surface area contributed by atoms with Crippen LogP contribution in [0.1, 0.15) is 21.5 Å². The van der Waals surface area contributed by atoms with Gasteiger partial charge >= 0.3 is 12.4 Å². The van der Waals surface area contributed by atoms with E-state index in [2.05, 4.69) is 0 Å². The van der Waals surface area contributed by atoms with Crippen LogP contribution in [0.3, 0.4) is 0 Å². The second-order valence-electron chi connectivity index (χ2n) is 4.24. The van der Waals surface area contributed by atoms with Gasteiger partial charge in [0.05, 0.1) is 17.7 Å². The maximum absolute atomic E-state index is 12.6. The van der Waals surface area contributed by atoms with Crippen LogP contribution in [0.2, 0.25) is 0 Å². The third-order valence-electron chi connectivity index (χ3n) is 2.62. The number of halogens is 6. The summed E-state index contributed by atoms with van der Waals surface area (Å²) in [5.74, 6) is -1.04. The Balaban J connectivity index is 3.36. The fraction of sp³-hybridized carbons (Fsp3) is 0.417. The quantitative estimate of drug-likeness (QED) is 0.872. The highest BCUT2D eigenvalue weighted by atomic mass is 19.4. The Labute approximate surface area is 115 Å². The molecular formula is C12H11F6NO2. The van der Waals surface area contributed by atoms with Crippen LogP contribution in [0.15, 0.2) is 18.2 Å². The summed E-state index contributed by atoms with van der Waals surface area (Å²) in [6.45, 7) is -0.677. The number of amides is 1. The van der Waals surface area contributed by atoms with Crippen molar-refractivity contribution in [2.24, 2.45) is 0 Å². The predicted molar refractivity (Wildman–Crippen MR) is 60.5 cm³/mol. The van der Waals surface area contributed by atoms with E-state index in [9.17, 15) is 31.1 Å². The summed E-state index contributed by atoms with van der Waals surface area (Å²) in [6, 6.07) is 0.652. The highest BCUT2D eigenvalue weighted by Gasteiger charge is 2.37. The molecule has 1 amide bonds. The van der Waals surface area contributed by atoms with Crippen LogP contribution >= 0.6 is 0 Å². The first-order chi connectivity index (χ1) is 9.46. The minimum absolute atomic E-state index is 0.0528. The summed E-state index contributed by atoms with van der Waals surface area (Å²) >= 11 is 0. The molecule has 0 radical (unpaired) electrons. The van der Waals surface area contributed by atoms with Crippen molar-refractivity contribution in [1.82, 2.24) is 4.90 Å². The lowest BCUT2D eigenvalue weighted by Gasteiger charge is -2.18. The van der Waals surface area contributed by atoms with Gasteiger partial charge in [-0.1, -0.05) is 0 Å². The maximum Gasteiger partial charge on any atom is 0.416 e. The van der Waals surface area contributed by atoms with Crippen molar-refractivity contribution in [1.29, 1.82) is 0 Å². The van der Waals surface area contributed by atoms with Gasteiger partial charge < -0.3 is 10.0 Å². The van der Waals surface area contributed by atoms with Crippen molar-refractivity contribution in [2.45, 2.75) is 12.4 Å². The van der Waals surface area contributed by atoms with Crippen LogP contribution in [-0.2, 0) is 12.4 Å². The van der Waals surface area contributed by atoms with Gasteiger partial charge in [0, 0.05) is 19.2 Å². The Bertz CT molecular complexity index is 491. The van der Waals surface area contributed by atoms with Crippen molar-refractivity contribution in [3.63, 3.8) is 0 Å². The van der Waals surface area contributed by atoms with Gasteiger partial charge in [0.25, 0.3) is 5.91 Å². The fourth-order valence-corrected chi connectivity index (χ4v) is 1.55. The molecule has 0 aliphatic heterocycles. The summed E-state index contributed by atoms with van der Waals surface area (Å²) in [7, 11) is 1.16. The Kier molecular flexibility index (Phi) is 4.87. The number of carbonyl (C=O) groups excluding carboxylic acids is 1. The minimum atomic E-state index is -5.01. The topological polar surface area (TPSA) is 40.5 Å². The number of benzene rings is 1. The standard InChI is InChI=1S/C12H11F6NO2/c1-19(2-3-20)10(21)7-4-8(11(13,14)15)6-9(5-7)12(16,17)18/h4-6,20H,2-3H2,1H3. The van der Waals surface area contributed by atoms with E-state index in [1.807, 2.05) is 0 Å². The van der Waals surface area contributed by atoms with Gasteiger partial charge in [-0.25, -0.2) is 0 Å². The lowest BCUT2D eigenvalue weighted by Crippen LogP contribution is -2.30. The molecule has 1 aromatic carbocycles. The molecule has 0 aliphatic rings. The van der Waals surface area contributed by atoms with Crippen molar-refractivity contribution in [3.8, 4) is 0 Å². The number of carbonyl (C=O) groups is 1. The van der Waals surface area contributed by atoms with Crippen LogP contribution < -0.4 is 0 Å². The fourth-order valence-electron chi connectivity index (χ4n) is 1.55. The number of likely N-dealkylation sites (N-methyl/N-ethyl adjacent to an activating group) is 1. The molecule has 0 saturated heterocycles. The molecule has 0 heterocycles. The molecule has 0 spiro atoms. The molecular weight excluding hydrogens is 304 g/mol. The molecule has 0 unspecified atom stereocenters. The van der Waals surface area contributed by atoms with E-state index < -0.39 is 41.6 Å². The van der Waals surface area contributed by atoms with E-state index in [-0.39, 0.29) is 12.6 Å². The average molecular weight is 315 g/mol. The Morgan fingerprint density at radius 1 is 1.05 bits per heavy atom. The van der Waals surface area contributed by atoms with Gasteiger partial charge in [-0.3, -0.25) is 4.79 Å². The van der Waals surface area contributed by atoms with Gasteiger partial charge in [-0.2, -0.15) is 26.3 Å². The number of hydrogen-bond acceptors (Lipinski definition) is 2. The Morgan fingerprint density at radius 2 is 1.48 bits per heavy atom. The maximum atomic E-state index is 12.6. The smallest absolute Gasteiger partial charge is 0.395 e. The first kappa shape index (κ1) is 17.3. The third-order valence-corrected chi connectivity index (χ3v) is 2.62. The van der Waals surface area contributed by atoms with E-state index in [1.54, 1.807) is 0 Å². The van der Waals surface area contributed by atoms with Gasteiger partial charge in [-0.05, 0) is 18.2 Å². The zero-order valence-corrected chi connectivity index (χ0v) is 10.7. The van der Waals surface area contributed by atoms with Crippen LogP contribution in [0.5, 0.6) is 0 Å². The Hall–Kier alpha value is -1.77. The van der Waals surface area contributed by atoms with Crippen LogP contribution in [0.4, 0.5) is 26.3 Å². The Morgan fingerprint density at radius 3 is 1.81 bits per heavy atom. The summed E-state index contributed by atoms with van der Waals surface area (Å²) in [4.78, 5) is 12.6. The summed E-state index contributed by atoms with van der Waals surface area (Å²) < 4.78 is 75.7. The van der Waals surface area contributed by atoms with Crippen molar-refractivity contribution >= 4 is 5.91 Å². The molecule has 3 nitrogen and oxygen atoms in total. The van der Waals surface area contributed by atoms with E-state index >= 15 is 0 Å². The summed E-state index contributed by atoms with van der Waals surface area (Å²) in [6.07, 6.45) is -10.0. The van der Waals surface area contributed by atoms with Gasteiger partial charge in [-0.15, -0.1) is 0 Å². The molecule has 1 aromatic rings. The van der Waals surface area contributed by atoms with E-state index in [1.165, 1.54) is 0 Å². The number of aliphatic hydroxyl groups excluding tert-OH is 1. The number of hydrogen-bond donors (Lipinski definition) is 1. The molecule has 0 aliphatic carbocycles. The second-order valence-corrected chi connectivity index (χ2v) is 4.24. The number of alkyl halides is 6. The number of aliphatic hydroxyl groups is 1. The van der Waals surface area contributed by atoms with Gasteiger partial charge in [0.15, 0.2) is 0 Å². The molecule has 0 bridgehead atoms. The molecule has 0 aromatic heterocycles. The third kappa shape index (κ3) is 4.35. The second kappa shape index (κ2) is 5.92. The van der Waals surface area contributed by atoms with E-state index in [4.69, 9.17) is 5.11 Å². The van der Waals surface area contributed by atoms with E-state index in [0.29, 0.717) is 12.1 Å². The van der Waals surface area contributed by atoms with Crippen molar-refractivity contribution in [2.75, 3.05) is 20.2 Å². The monoisotopic (exact) mass is 315 g/mol. The molecule has 9 heteroatoms. The molecule has 1 N–H and O–H groups in total. The average Bonchev–Trinajstić information content (AvgIpc) is 2.35. The zero-order chi connectivity index (χ0) is 16.4. The zero-order valence-electron chi connectivity index (χ0n) is 10.7. The largest absolute Gasteiger partial charge is 0.416 e. The summed E-state index contributed by atoms with van der Waals surface area (Å²) in [5.41, 5.74) is -3.86. The highest BCUT2D eigenvalue weighted by molar-refractivity contribution is 5.94. The molecule has 0 fully saturated rings. The van der Waals surface area contributed by atoms with Gasteiger partial charge in [0.1, 0.15) is 0 Å². The lowest BCUT2D eigenvalue weighted by atomic mass is 10.0. The highest BCUT2D eigenvalue weighted by Crippen LogP contribution is 2.36. The first-order valence-electron chi connectivity index (χ1n) is 5.62. The molecule has 0 atom stereocenters. The normalized spacial score (nSPS) is 12.4. The lowest BCUT2D eigenvalue weighted by molar-refractivity contribution is -0.143. The summed E-state index contributed by atoms with van der Waals surface area (Å²) in [5, 5.41) is 8.65. The number of nitrogens with zero attached hydrogens (tertiary/aromatic N) is 1. The van der Waals surface area contributed by atoms with Crippen LogP contribution in [0, 0.1) is 0 Å². The number of rotatable bonds is 3. The predicted octanol–water partition coefficient (Wildman–Crippen LogP) is 2.79. The van der Waals surface area contributed by atoms with E-state index in [0.717, 1.165) is 11.9 Å².